The predicted octanol–water partition coefficient (Wildman–Crippen LogP) is 3.12. The molecular formula is C11H22F3NO. The Balaban J connectivity index is 3.59. The molecule has 98 valence electrons. The van der Waals surface area contributed by atoms with Crippen molar-refractivity contribution in [2.24, 2.45) is 0 Å². The number of nitrogens with one attached hydrogen (secondary N) is 1. The zero-order chi connectivity index (χ0) is 12.4. The molecule has 0 saturated carbocycles. The summed E-state index contributed by atoms with van der Waals surface area (Å²) >= 11 is 0. The second-order valence-electron chi connectivity index (χ2n) is 3.88. The van der Waals surface area contributed by atoms with Gasteiger partial charge in [0.25, 0.3) is 0 Å². The average molecular weight is 241 g/mol. The minimum atomic E-state index is -4.11. The van der Waals surface area contributed by atoms with Crippen molar-refractivity contribution in [1.82, 2.24) is 5.32 Å². The number of halogens is 3. The topological polar surface area (TPSA) is 21.3 Å². The van der Waals surface area contributed by atoms with E-state index in [-0.39, 0.29) is 12.6 Å². The van der Waals surface area contributed by atoms with E-state index in [4.69, 9.17) is 4.74 Å². The van der Waals surface area contributed by atoms with Crippen molar-refractivity contribution in [3.63, 3.8) is 0 Å². The Labute approximate surface area is 95.5 Å². The van der Waals surface area contributed by atoms with E-state index >= 15 is 0 Å². The molecule has 1 unspecified atom stereocenters. The third-order valence-corrected chi connectivity index (χ3v) is 2.17. The molecule has 1 N–H and O–H groups in total. The van der Waals surface area contributed by atoms with Crippen molar-refractivity contribution < 1.29 is 17.9 Å². The minimum Gasteiger partial charge on any atom is -0.379 e. The van der Waals surface area contributed by atoms with E-state index in [1.807, 2.05) is 0 Å². The highest BCUT2D eigenvalue weighted by Crippen LogP contribution is 2.19. The monoisotopic (exact) mass is 241 g/mol. The molecule has 16 heavy (non-hydrogen) atoms. The van der Waals surface area contributed by atoms with Gasteiger partial charge in [-0.15, -0.1) is 0 Å². The number of hydrogen-bond acceptors (Lipinski definition) is 2. The molecule has 5 heteroatoms. The summed E-state index contributed by atoms with van der Waals surface area (Å²) in [5, 5.41) is 3.26. The first-order valence-electron chi connectivity index (χ1n) is 5.87. The molecule has 0 aromatic carbocycles. The number of ether oxygens (including phenoxy) is 1. The van der Waals surface area contributed by atoms with Gasteiger partial charge in [-0.3, -0.25) is 0 Å². The Morgan fingerprint density at radius 1 is 1.19 bits per heavy atom. The molecule has 0 amide bonds. The van der Waals surface area contributed by atoms with Crippen molar-refractivity contribution in [3.8, 4) is 0 Å². The summed E-state index contributed by atoms with van der Waals surface area (Å²) in [5.74, 6) is 0. The molecule has 1 atom stereocenters. The molecule has 0 heterocycles. The molecule has 2 nitrogen and oxygen atoms in total. The second-order valence-corrected chi connectivity index (χ2v) is 3.88. The van der Waals surface area contributed by atoms with Gasteiger partial charge in [0.2, 0.25) is 0 Å². The third-order valence-electron chi connectivity index (χ3n) is 2.17. The standard InChI is InChI=1S/C11H22F3NO/c1-3-5-10(15-7-4-2)9-16-8-6-11(12,13)14/h10,15H,3-9H2,1-2H3. The molecule has 0 rings (SSSR count). The molecule has 0 bridgehead atoms. The van der Waals surface area contributed by atoms with Crippen molar-refractivity contribution in [2.75, 3.05) is 19.8 Å². The Kier molecular flexibility index (Phi) is 8.66. The highest BCUT2D eigenvalue weighted by atomic mass is 19.4. The Hall–Kier alpha value is -0.290. The van der Waals surface area contributed by atoms with E-state index < -0.39 is 12.6 Å². The summed E-state index contributed by atoms with van der Waals surface area (Å²) in [6.45, 7) is 5.12. The van der Waals surface area contributed by atoms with Crippen LogP contribution in [0.1, 0.15) is 39.5 Å². The fourth-order valence-electron chi connectivity index (χ4n) is 1.35. The van der Waals surface area contributed by atoms with Crippen molar-refractivity contribution in [1.29, 1.82) is 0 Å². The minimum absolute atomic E-state index is 0.179. The van der Waals surface area contributed by atoms with Crippen LogP contribution in [-0.2, 0) is 4.74 Å². The van der Waals surface area contributed by atoms with Gasteiger partial charge in [0.15, 0.2) is 0 Å². The second kappa shape index (κ2) is 8.82. The summed E-state index contributed by atoms with van der Waals surface area (Å²) in [6.07, 6.45) is -2.02. The lowest BCUT2D eigenvalue weighted by Gasteiger charge is -2.18. The first-order valence-corrected chi connectivity index (χ1v) is 5.87. The van der Waals surface area contributed by atoms with Crippen molar-refractivity contribution in [2.45, 2.75) is 51.7 Å². The van der Waals surface area contributed by atoms with E-state index in [9.17, 15) is 13.2 Å². The molecular weight excluding hydrogens is 219 g/mol. The number of alkyl halides is 3. The molecule has 0 aromatic rings. The van der Waals surface area contributed by atoms with E-state index in [2.05, 4.69) is 19.2 Å². The van der Waals surface area contributed by atoms with Gasteiger partial charge in [-0.25, -0.2) is 0 Å². The van der Waals surface area contributed by atoms with E-state index in [1.54, 1.807) is 0 Å². The van der Waals surface area contributed by atoms with Crippen molar-refractivity contribution >= 4 is 0 Å². The largest absolute Gasteiger partial charge is 0.391 e. The zero-order valence-corrected chi connectivity index (χ0v) is 10.1. The van der Waals surface area contributed by atoms with Crippen LogP contribution in [0.4, 0.5) is 13.2 Å². The van der Waals surface area contributed by atoms with E-state index in [0.717, 1.165) is 25.8 Å². The van der Waals surface area contributed by atoms with Crippen LogP contribution in [0.2, 0.25) is 0 Å². The smallest absolute Gasteiger partial charge is 0.379 e. The SMILES string of the molecule is CCCNC(CCC)COCCC(F)(F)F. The maximum absolute atomic E-state index is 11.8. The maximum Gasteiger partial charge on any atom is 0.391 e. The van der Waals surface area contributed by atoms with Gasteiger partial charge < -0.3 is 10.1 Å². The molecule has 0 spiro atoms. The highest BCUT2D eigenvalue weighted by molar-refractivity contribution is 4.65. The van der Waals surface area contributed by atoms with Gasteiger partial charge in [-0.1, -0.05) is 20.3 Å². The third kappa shape index (κ3) is 10.2. The van der Waals surface area contributed by atoms with Gasteiger partial charge in [-0.05, 0) is 19.4 Å². The normalized spacial score (nSPS) is 14.1. The van der Waals surface area contributed by atoms with Crippen LogP contribution in [0.3, 0.4) is 0 Å². The van der Waals surface area contributed by atoms with Gasteiger partial charge in [-0.2, -0.15) is 13.2 Å². The van der Waals surface area contributed by atoms with Gasteiger partial charge in [0.05, 0.1) is 19.6 Å². The molecule has 0 radical (unpaired) electrons. The number of rotatable bonds is 9. The molecule has 0 aliphatic rings. The Morgan fingerprint density at radius 2 is 1.88 bits per heavy atom. The summed E-state index contributed by atoms with van der Waals surface area (Å²) in [4.78, 5) is 0. The first-order chi connectivity index (χ1) is 7.49. The molecule has 0 aliphatic carbocycles. The lowest BCUT2D eigenvalue weighted by atomic mass is 10.2. The Bertz CT molecular complexity index is 162. The van der Waals surface area contributed by atoms with E-state index in [0.29, 0.717) is 6.61 Å². The van der Waals surface area contributed by atoms with Crippen LogP contribution in [0, 0.1) is 0 Å². The van der Waals surface area contributed by atoms with Gasteiger partial charge in [0.1, 0.15) is 0 Å². The molecule has 0 saturated heterocycles. The summed E-state index contributed by atoms with van der Waals surface area (Å²) in [5.41, 5.74) is 0. The lowest BCUT2D eigenvalue weighted by molar-refractivity contribution is -0.145. The Morgan fingerprint density at radius 3 is 2.38 bits per heavy atom. The summed E-state index contributed by atoms with van der Waals surface area (Å²) in [6, 6.07) is 0.179. The molecule has 0 fully saturated rings. The first kappa shape index (κ1) is 15.7. The quantitative estimate of drug-likeness (QED) is 0.626. The zero-order valence-electron chi connectivity index (χ0n) is 10.1. The van der Waals surface area contributed by atoms with Crippen LogP contribution in [0.15, 0.2) is 0 Å². The van der Waals surface area contributed by atoms with Crippen LogP contribution >= 0.6 is 0 Å². The van der Waals surface area contributed by atoms with Crippen LogP contribution in [0.5, 0.6) is 0 Å². The van der Waals surface area contributed by atoms with Crippen molar-refractivity contribution in [3.05, 3.63) is 0 Å². The summed E-state index contributed by atoms with van der Waals surface area (Å²) < 4.78 is 40.5. The number of hydrogen-bond donors (Lipinski definition) is 1. The average Bonchev–Trinajstić information content (AvgIpc) is 2.19. The fourth-order valence-corrected chi connectivity index (χ4v) is 1.35. The highest BCUT2D eigenvalue weighted by Gasteiger charge is 2.26. The predicted molar refractivity (Wildman–Crippen MR) is 58.5 cm³/mol. The van der Waals surface area contributed by atoms with Gasteiger partial charge in [0, 0.05) is 6.04 Å². The van der Waals surface area contributed by atoms with Crippen LogP contribution in [-0.4, -0.2) is 32.0 Å². The van der Waals surface area contributed by atoms with Crippen LogP contribution < -0.4 is 5.32 Å². The van der Waals surface area contributed by atoms with Gasteiger partial charge >= 0.3 is 6.18 Å². The fraction of sp³-hybridized carbons (Fsp3) is 1.00. The van der Waals surface area contributed by atoms with Crippen LogP contribution in [0.25, 0.3) is 0 Å². The maximum atomic E-state index is 11.8. The lowest BCUT2D eigenvalue weighted by Crippen LogP contribution is -2.34. The molecule has 0 aliphatic heterocycles. The molecule has 0 aromatic heterocycles. The van der Waals surface area contributed by atoms with E-state index in [1.165, 1.54) is 0 Å². The summed E-state index contributed by atoms with van der Waals surface area (Å²) in [7, 11) is 0.